The molecule has 1 saturated carbocycles. The lowest BCUT2D eigenvalue weighted by molar-refractivity contribution is 0.0879. The molecule has 0 radical (unpaired) electrons. The summed E-state index contributed by atoms with van der Waals surface area (Å²) in [4.78, 5) is 28.6. The van der Waals surface area contributed by atoms with Crippen molar-refractivity contribution in [2.45, 2.75) is 64.1 Å². The second-order valence-electron chi connectivity index (χ2n) is 9.49. The number of hydrogen-bond acceptors (Lipinski definition) is 6. The molecule has 0 heterocycles. The summed E-state index contributed by atoms with van der Waals surface area (Å²) >= 11 is 0. The van der Waals surface area contributed by atoms with Gasteiger partial charge in [-0.3, -0.25) is 5.32 Å². The third kappa shape index (κ3) is 7.13. The van der Waals surface area contributed by atoms with Gasteiger partial charge in [-0.25, -0.2) is 9.59 Å². The highest BCUT2D eigenvalue weighted by Crippen LogP contribution is 2.32. The van der Waals surface area contributed by atoms with E-state index in [-0.39, 0.29) is 18.2 Å². The highest BCUT2D eigenvalue weighted by Gasteiger charge is 2.28. The van der Waals surface area contributed by atoms with Crippen molar-refractivity contribution in [2.24, 2.45) is 5.73 Å². The van der Waals surface area contributed by atoms with E-state index in [2.05, 4.69) is 29.3 Å². The zero-order valence-corrected chi connectivity index (χ0v) is 22.0. The molecule has 1 aliphatic rings. The molecule has 3 N–H and O–H groups in total. The van der Waals surface area contributed by atoms with Gasteiger partial charge in [0.1, 0.15) is 0 Å². The van der Waals surface area contributed by atoms with Crippen LogP contribution in [0.5, 0.6) is 0 Å². The number of ether oxygens (including phenoxy) is 2. The number of carbonyl (C=O) groups is 2. The van der Waals surface area contributed by atoms with Crippen LogP contribution in [0.25, 0.3) is 11.1 Å². The molecular formula is C28H40N4O4. The lowest BCUT2D eigenvalue weighted by atomic mass is 9.90. The number of carbonyl (C=O) groups excluding carboxylic acids is 2. The minimum absolute atomic E-state index is 0.120. The number of amides is 2. The van der Waals surface area contributed by atoms with Crippen LogP contribution in [0.4, 0.5) is 21.0 Å². The molecule has 0 spiro atoms. The Bertz CT molecular complexity index is 1020. The second kappa shape index (κ2) is 13.2. The normalized spacial score (nSPS) is 17.2. The van der Waals surface area contributed by atoms with E-state index >= 15 is 0 Å². The Morgan fingerprint density at radius 1 is 1.03 bits per heavy atom. The van der Waals surface area contributed by atoms with Gasteiger partial charge in [0, 0.05) is 32.2 Å². The van der Waals surface area contributed by atoms with Crippen LogP contribution in [0.3, 0.4) is 0 Å². The summed E-state index contributed by atoms with van der Waals surface area (Å²) in [6.45, 7) is 3.50. The van der Waals surface area contributed by atoms with E-state index in [0.717, 1.165) is 67.4 Å². The van der Waals surface area contributed by atoms with Crippen molar-refractivity contribution in [1.29, 1.82) is 0 Å². The second-order valence-corrected chi connectivity index (χ2v) is 9.49. The topological polar surface area (TPSA) is 97.1 Å². The number of anilines is 2. The summed E-state index contributed by atoms with van der Waals surface area (Å²) in [6, 6.07) is 14.5. The van der Waals surface area contributed by atoms with Crippen LogP contribution in [0.1, 0.15) is 51.0 Å². The minimum Gasteiger partial charge on any atom is -0.453 e. The molecule has 36 heavy (non-hydrogen) atoms. The van der Waals surface area contributed by atoms with E-state index in [1.165, 1.54) is 14.2 Å². The molecule has 0 atom stereocenters. The predicted octanol–water partition coefficient (Wildman–Crippen LogP) is 5.61. The van der Waals surface area contributed by atoms with E-state index < -0.39 is 6.09 Å². The van der Waals surface area contributed by atoms with E-state index in [4.69, 9.17) is 15.2 Å². The van der Waals surface area contributed by atoms with Crippen LogP contribution in [0.2, 0.25) is 0 Å². The molecule has 2 amide bonds. The Morgan fingerprint density at radius 3 is 2.42 bits per heavy atom. The van der Waals surface area contributed by atoms with E-state index in [0.29, 0.717) is 12.2 Å². The molecule has 1 fully saturated rings. The summed E-state index contributed by atoms with van der Waals surface area (Å²) in [6.07, 6.45) is 4.90. The molecule has 196 valence electrons. The first kappa shape index (κ1) is 27.3. The quantitative estimate of drug-likeness (QED) is 0.469. The summed E-state index contributed by atoms with van der Waals surface area (Å²) < 4.78 is 9.96. The van der Waals surface area contributed by atoms with Crippen LogP contribution in [0.15, 0.2) is 42.5 Å². The third-order valence-corrected chi connectivity index (χ3v) is 6.88. The molecule has 8 nitrogen and oxygen atoms in total. The van der Waals surface area contributed by atoms with Gasteiger partial charge in [-0.15, -0.1) is 0 Å². The Kier molecular flexibility index (Phi) is 9.99. The average Bonchev–Trinajstić information content (AvgIpc) is 2.90. The summed E-state index contributed by atoms with van der Waals surface area (Å²) in [5.41, 5.74) is 10.7. The standard InChI is InChI=1S/C28H40N4O4/c1-5-6-16-31(2)26-15-10-22(18-25(26)30-27(33)35-3)21-9-7-8-20(17-21)19-32(28(34)36-4)24-13-11-23(29)12-14-24/h7-10,15,17-18,23-24H,5-6,11-14,16,19,29H2,1-4H3,(H,30,33). The van der Waals surface area contributed by atoms with Crippen LogP contribution in [0, 0.1) is 0 Å². The highest BCUT2D eigenvalue weighted by molar-refractivity contribution is 5.91. The molecule has 0 unspecified atom stereocenters. The number of hydrogen-bond donors (Lipinski definition) is 2. The molecule has 0 saturated heterocycles. The van der Waals surface area contributed by atoms with Gasteiger partial charge in [-0.2, -0.15) is 0 Å². The van der Waals surface area contributed by atoms with Crippen molar-refractivity contribution in [2.75, 3.05) is 38.0 Å². The van der Waals surface area contributed by atoms with Crippen molar-refractivity contribution in [3.8, 4) is 11.1 Å². The van der Waals surface area contributed by atoms with Gasteiger partial charge in [0.05, 0.1) is 25.6 Å². The molecule has 3 rings (SSSR count). The van der Waals surface area contributed by atoms with Crippen LogP contribution in [-0.4, -0.2) is 57.0 Å². The SMILES string of the molecule is CCCCN(C)c1ccc(-c2cccc(CN(C(=O)OC)C3CCC(N)CC3)c2)cc1NC(=O)OC. The first-order valence-electron chi connectivity index (χ1n) is 12.8. The average molecular weight is 497 g/mol. The fourth-order valence-corrected chi connectivity index (χ4v) is 4.74. The van der Waals surface area contributed by atoms with Crippen LogP contribution >= 0.6 is 0 Å². The number of unbranched alkanes of at least 4 members (excludes halogenated alkanes) is 1. The molecule has 1 aliphatic carbocycles. The lowest BCUT2D eigenvalue weighted by Gasteiger charge is -2.35. The molecular weight excluding hydrogens is 456 g/mol. The maximum absolute atomic E-state index is 12.6. The first-order chi connectivity index (χ1) is 17.4. The third-order valence-electron chi connectivity index (χ3n) is 6.88. The molecule has 0 bridgehead atoms. The van der Waals surface area contributed by atoms with Crippen molar-refractivity contribution in [3.63, 3.8) is 0 Å². The predicted molar refractivity (Wildman–Crippen MR) is 144 cm³/mol. The minimum atomic E-state index is -0.507. The molecule has 8 heteroatoms. The fourth-order valence-electron chi connectivity index (χ4n) is 4.74. The van der Waals surface area contributed by atoms with E-state index in [1.807, 2.05) is 42.3 Å². The number of nitrogens with one attached hydrogen (secondary N) is 1. The van der Waals surface area contributed by atoms with E-state index in [1.54, 1.807) is 0 Å². The largest absolute Gasteiger partial charge is 0.453 e. The molecule has 2 aromatic carbocycles. The van der Waals surface area contributed by atoms with Gasteiger partial charge in [0.2, 0.25) is 0 Å². The van der Waals surface area contributed by atoms with Gasteiger partial charge in [-0.1, -0.05) is 37.6 Å². The number of methoxy groups -OCH3 is 2. The Morgan fingerprint density at radius 2 is 1.75 bits per heavy atom. The van der Waals surface area contributed by atoms with Crippen molar-refractivity contribution >= 4 is 23.6 Å². The number of nitrogens with two attached hydrogens (primary N) is 1. The summed E-state index contributed by atoms with van der Waals surface area (Å²) in [5, 5.41) is 2.86. The van der Waals surface area contributed by atoms with Crippen molar-refractivity contribution < 1.29 is 19.1 Å². The Balaban J connectivity index is 1.87. The van der Waals surface area contributed by atoms with Gasteiger partial charge < -0.3 is 25.0 Å². The molecule has 0 aromatic heterocycles. The number of benzene rings is 2. The summed E-state index contributed by atoms with van der Waals surface area (Å²) in [5.74, 6) is 0. The molecule has 0 aliphatic heterocycles. The van der Waals surface area contributed by atoms with Gasteiger partial charge in [0.15, 0.2) is 0 Å². The van der Waals surface area contributed by atoms with Gasteiger partial charge >= 0.3 is 12.2 Å². The molecule has 2 aromatic rings. The smallest absolute Gasteiger partial charge is 0.411 e. The maximum Gasteiger partial charge on any atom is 0.411 e. The fraction of sp³-hybridized carbons (Fsp3) is 0.500. The Labute approximate surface area is 214 Å². The maximum atomic E-state index is 12.6. The Hall–Kier alpha value is -3.26. The zero-order valence-electron chi connectivity index (χ0n) is 22.0. The monoisotopic (exact) mass is 496 g/mol. The first-order valence-corrected chi connectivity index (χ1v) is 12.8. The number of nitrogens with zero attached hydrogens (tertiary/aromatic N) is 2. The summed E-state index contributed by atoms with van der Waals surface area (Å²) in [7, 11) is 4.80. The van der Waals surface area contributed by atoms with Gasteiger partial charge in [-0.05, 0) is 67.0 Å². The zero-order chi connectivity index (χ0) is 26.1. The van der Waals surface area contributed by atoms with Gasteiger partial charge in [0.25, 0.3) is 0 Å². The lowest BCUT2D eigenvalue weighted by Crippen LogP contribution is -2.43. The van der Waals surface area contributed by atoms with E-state index in [9.17, 15) is 9.59 Å². The van der Waals surface area contributed by atoms with Crippen LogP contribution < -0.4 is 16.0 Å². The number of rotatable bonds is 9. The highest BCUT2D eigenvalue weighted by atomic mass is 16.5. The van der Waals surface area contributed by atoms with Crippen molar-refractivity contribution in [1.82, 2.24) is 4.90 Å². The van der Waals surface area contributed by atoms with Crippen LogP contribution in [-0.2, 0) is 16.0 Å². The van der Waals surface area contributed by atoms with Crippen molar-refractivity contribution in [3.05, 3.63) is 48.0 Å².